The summed E-state index contributed by atoms with van der Waals surface area (Å²) >= 11 is 5.82. The molecule has 1 aliphatic heterocycles. The van der Waals surface area contributed by atoms with Gasteiger partial charge in [0, 0.05) is 25.4 Å². The summed E-state index contributed by atoms with van der Waals surface area (Å²) in [6.45, 7) is 2.03. The van der Waals surface area contributed by atoms with E-state index < -0.39 is 0 Å². The molecule has 3 nitrogen and oxygen atoms in total. The fourth-order valence-corrected chi connectivity index (χ4v) is 2.29. The van der Waals surface area contributed by atoms with Crippen LogP contribution in [0, 0.1) is 0 Å². The Balaban J connectivity index is 2.08. The quantitative estimate of drug-likeness (QED) is 0.878. The van der Waals surface area contributed by atoms with Gasteiger partial charge in [-0.1, -0.05) is 11.6 Å². The Morgan fingerprint density at radius 2 is 2.19 bits per heavy atom. The number of ether oxygens (including phenoxy) is 1. The van der Waals surface area contributed by atoms with E-state index in [-0.39, 0.29) is 5.60 Å². The summed E-state index contributed by atoms with van der Waals surface area (Å²) in [6, 6.07) is 3.86. The van der Waals surface area contributed by atoms with Crippen molar-refractivity contribution < 1.29 is 4.74 Å². The first-order valence-corrected chi connectivity index (χ1v) is 5.98. The lowest BCUT2D eigenvalue weighted by molar-refractivity contribution is -0.0340. The minimum atomic E-state index is -0.0495. The van der Waals surface area contributed by atoms with E-state index in [1.54, 1.807) is 13.3 Å². The van der Waals surface area contributed by atoms with Gasteiger partial charge in [0.05, 0.1) is 10.6 Å². The lowest BCUT2D eigenvalue weighted by atomic mass is 9.87. The van der Waals surface area contributed by atoms with E-state index in [0.717, 1.165) is 38.0 Å². The van der Waals surface area contributed by atoms with Gasteiger partial charge in [0.1, 0.15) is 0 Å². The van der Waals surface area contributed by atoms with Crippen molar-refractivity contribution in [2.45, 2.75) is 24.9 Å². The number of hydrogen-bond acceptors (Lipinski definition) is 3. The first kappa shape index (κ1) is 11.8. The number of nitrogens with one attached hydrogen (secondary N) is 1. The molecule has 0 saturated carbocycles. The summed E-state index contributed by atoms with van der Waals surface area (Å²) in [5, 5.41) is 4.03. The normalized spacial score (nSPS) is 19.6. The SMILES string of the molecule is COC1(Cc2ccc(Cl)cn2)CCNCC1. The number of rotatable bonds is 3. The fourth-order valence-electron chi connectivity index (χ4n) is 2.18. The highest BCUT2D eigenvalue weighted by Crippen LogP contribution is 2.26. The molecule has 0 amide bonds. The van der Waals surface area contributed by atoms with Gasteiger partial charge < -0.3 is 10.1 Å². The maximum absolute atomic E-state index is 5.82. The van der Waals surface area contributed by atoms with Crippen LogP contribution >= 0.6 is 11.6 Å². The molecule has 1 aliphatic rings. The summed E-state index contributed by atoms with van der Waals surface area (Å²) in [4.78, 5) is 4.33. The van der Waals surface area contributed by atoms with Crippen molar-refractivity contribution in [3.8, 4) is 0 Å². The molecule has 1 fully saturated rings. The molecule has 0 aromatic carbocycles. The molecule has 2 heterocycles. The van der Waals surface area contributed by atoms with Crippen LogP contribution in [0.1, 0.15) is 18.5 Å². The zero-order valence-electron chi connectivity index (χ0n) is 9.50. The van der Waals surface area contributed by atoms with Crippen molar-refractivity contribution in [1.82, 2.24) is 10.3 Å². The minimum absolute atomic E-state index is 0.0495. The second-order valence-corrected chi connectivity index (χ2v) is 4.72. The number of nitrogens with zero attached hydrogens (tertiary/aromatic N) is 1. The molecule has 4 heteroatoms. The van der Waals surface area contributed by atoms with Crippen LogP contribution in [0.2, 0.25) is 5.02 Å². The van der Waals surface area contributed by atoms with E-state index in [1.807, 2.05) is 12.1 Å². The summed E-state index contributed by atoms with van der Waals surface area (Å²) in [6.07, 6.45) is 4.63. The maximum atomic E-state index is 5.82. The van der Waals surface area contributed by atoms with E-state index in [1.165, 1.54) is 0 Å². The summed E-state index contributed by atoms with van der Waals surface area (Å²) in [5.41, 5.74) is 1.000. The zero-order valence-corrected chi connectivity index (χ0v) is 10.3. The van der Waals surface area contributed by atoms with Crippen LogP contribution in [0.25, 0.3) is 0 Å². The monoisotopic (exact) mass is 240 g/mol. The second kappa shape index (κ2) is 5.13. The molecule has 0 radical (unpaired) electrons. The molecular formula is C12H17ClN2O. The highest BCUT2D eigenvalue weighted by Gasteiger charge is 2.32. The fraction of sp³-hybridized carbons (Fsp3) is 0.583. The molecule has 0 bridgehead atoms. The van der Waals surface area contributed by atoms with Crippen LogP contribution in [-0.2, 0) is 11.2 Å². The van der Waals surface area contributed by atoms with Gasteiger partial charge in [-0.05, 0) is 38.1 Å². The van der Waals surface area contributed by atoms with Gasteiger partial charge in [-0.3, -0.25) is 4.98 Å². The molecule has 0 spiro atoms. The first-order chi connectivity index (χ1) is 7.74. The summed E-state index contributed by atoms with van der Waals surface area (Å²) in [5.74, 6) is 0. The Morgan fingerprint density at radius 1 is 1.44 bits per heavy atom. The van der Waals surface area contributed by atoms with E-state index in [4.69, 9.17) is 16.3 Å². The Hall–Kier alpha value is -0.640. The predicted octanol–water partition coefficient (Wildman–Crippen LogP) is 2.05. The average molecular weight is 241 g/mol. The molecule has 1 aromatic heterocycles. The van der Waals surface area contributed by atoms with Gasteiger partial charge in [-0.2, -0.15) is 0 Å². The van der Waals surface area contributed by atoms with Gasteiger partial charge in [-0.25, -0.2) is 0 Å². The van der Waals surface area contributed by atoms with E-state index in [9.17, 15) is 0 Å². The lowest BCUT2D eigenvalue weighted by Crippen LogP contribution is -2.45. The molecule has 1 aromatic rings. The predicted molar refractivity (Wildman–Crippen MR) is 64.8 cm³/mol. The van der Waals surface area contributed by atoms with Gasteiger partial charge in [-0.15, -0.1) is 0 Å². The second-order valence-electron chi connectivity index (χ2n) is 4.28. The zero-order chi connectivity index (χ0) is 11.4. The van der Waals surface area contributed by atoms with Crippen molar-refractivity contribution in [2.75, 3.05) is 20.2 Å². The van der Waals surface area contributed by atoms with Gasteiger partial charge in [0.2, 0.25) is 0 Å². The van der Waals surface area contributed by atoms with Crippen molar-refractivity contribution >= 4 is 11.6 Å². The third-order valence-corrected chi connectivity index (χ3v) is 3.46. The van der Waals surface area contributed by atoms with Gasteiger partial charge in [0.15, 0.2) is 0 Å². The first-order valence-electron chi connectivity index (χ1n) is 5.60. The standard InChI is InChI=1S/C12H17ClN2O/c1-16-12(4-6-14-7-5-12)8-11-3-2-10(13)9-15-11/h2-3,9,14H,4-8H2,1H3. The molecule has 0 unspecified atom stereocenters. The molecule has 0 aliphatic carbocycles. The Labute approximate surface area is 101 Å². The Bertz CT molecular complexity index is 333. The third-order valence-electron chi connectivity index (χ3n) is 3.24. The molecule has 2 rings (SSSR count). The topological polar surface area (TPSA) is 34.1 Å². The molecule has 88 valence electrons. The smallest absolute Gasteiger partial charge is 0.0758 e. The van der Waals surface area contributed by atoms with Crippen LogP contribution in [0.15, 0.2) is 18.3 Å². The van der Waals surface area contributed by atoms with E-state index >= 15 is 0 Å². The number of halogens is 1. The number of hydrogen-bond donors (Lipinski definition) is 1. The average Bonchev–Trinajstić information content (AvgIpc) is 2.33. The van der Waals surface area contributed by atoms with Crippen molar-refractivity contribution in [1.29, 1.82) is 0 Å². The van der Waals surface area contributed by atoms with Crippen molar-refractivity contribution in [2.24, 2.45) is 0 Å². The molecule has 1 saturated heterocycles. The van der Waals surface area contributed by atoms with Crippen LogP contribution in [0.4, 0.5) is 0 Å². The lowest BCUT2D eigenvalue weighted by Gasteiger charge is -2.36. The van der Waals surface area contributed by atoms with E-state index in [0.29, 0.717) is 5.02 Å². The number of aromatic nitrogens is 1. The summed E-state index contributed by atoms with van der Waals surface area (Å²) in [7, 11) is 1.79. The largest absolute Gasteiger partial charge is 0.378 e. The van der Waals surface area contributed by atoms with Crippen molar-refractivity contribution in [3.05, 3.63) is 29.0 Å². The van der Waals surface area contributed by atoms with Crippen LogP contribution < -0.4 is 5.32 Å². The number of pyridine rings is 1. The molecule has 16 heavy (non-hydrogen) atoms. The molecular weight excluding hydrogens is 224 g/mol. The number of piperidine rings is 1. The highest BCUT2D eigenvalue weighted by molar-refractivity contribution is 6.30. The van der Waals surface area contributed by atoms with Crippen LogP contribution in [-0.4, -0.2) is 30.8 Å². The Kier molecular flexibility index (Phi) is 3.79. The number of methoxy groups -OCH3 is 1. The van der Waals surface area contributed by atoms with E-state index in [2.05, 4.69) is 10.3 Å². The summed E-state index contributed by atoms with van der Waals surface area (Å²) < 4.78 is 5.70. The van der Waals surface area contributed by atoms with Gasteiger partial charge in [0.25, 0.3) is 0 Å². The van der Waals surface area contributed by atoms with Crippen molar-refractivity contribution in [3.63, 3.8) is 0 Å². The highest BCUT2D eigenvalue weighted by atomic mass is 35.5. The maximum Gasteiger partial charge on any atom is 0.0758 e. The van der Waals surface area contributed by atoms with Crippen LogP contribution in [0.5, 0.6) is 0 Å². The third kappa shape index (κ3) is 2.73. The Morgan fingerprint density at radius 3 is 2.75 bits per heavy atom. The molecule has 0 atom stereocenters. The minimum Gasteiger partial charge on any atom is -0.378 e. The van der Waals surface area contributed by atoms with Gasteiger partial charge >= 0.3 is 0 Å². The van der Waals surface area contributed by atoms with Crippen LogP contribution in [0.3, 0.4) is 0 Å². The molecule has 1 N–H and O–H groups in total.